The molecule has 2 heterocycles. The monoisotopic (exact) mass is 335 g/mol. The highest BCUT2D eigenvalue weighted by atomic mass is 35.5. The van der Waals surface area contributed by atoms with Crippen molar-refractivity contribution in [3.05, 3.63) is 35.7 Å². The molecule has 1 aliphatic rings. The Morgan fingerprint density at radius 3 is 2.61 bits per heavy atom. The zero-order valence-corrected chi connectivity index (χ0v) is 14.1. The van der Waals surface area contributed by atoms with Gasteiger partial charge in [0.15, 0.2) is 5.82 Å². The van der Waals surface area contributed by atoms with Gasteiger partial charge in [0.05, 0.1) is 0 Å². The van der Waals surface area contributed by atoms with Crippen LogP contribution in [0.3, 0.4) is 0 Å². The minimum absolute atomic E-state index is 0. The molecule has 2 unspecified atom stereocenters. The summed E-state index contributed by atoms with van der Waals surface area (Å²) in [6, 6.07) is 7.70. The zero-order chi connectivity index (χ0) is 15.7. The molecule has 0 bridgehead atoms. The Balaban J connectivity index is 0.00000192. The van der Waals surface area contributed by atoms with Crippen LogP contribution >= 0.6 is 12.4 Å². The van der Waals surface area contributed by atoms with E-state index in [1.165, 1.54) is 0 Å². The maximum atomic E-state index is 12.6. The number of nitrogens with two attached hydrogens (primary N) is 1. The highest BCUT2D eigenvalue weighted by Gasteiger charge is 2.31. The maximum Gasteiger partial charge on any atom is 0.254 e. The van der Waals surface area contributed by atoms with Crippen LogP contribution in [0.1, 0.15) is 29.5 Å². The van der Waals surface area contributed by atoms with Crippen LogP contribution in [0.15, 0.2) is 24.3 Å². The fourth-order valence-corrected chi connectivity index (χ4v) is 3.00. The number of aryl methyl sites for hydroxylation is 1. The van der Waals surface area contributed by atoms with Crippen LogP contribution in [0.5, 0.6) is 0 Å². The molecule has 2 atom stereocenters. The molecule has 23 heavy (non-hydrogen) atoms. The lowest BCUT2D eigenvalue weighted by Gasteiger charge is -2.21. The molecule has 7 heteroatoms. The van der Waals surface area contributed by atoms with Gasteiger partial charge in [0, 0.05) is 23.7 Å². The molecule has 3 rings (SSSR count). The number of amides is 1. The number of carbonyl (C=O) groups excluding carboxylic acids is 1. The number of hydrogen-bond donors (Lipinski definition) is 2. The number of halogens is 1. The van der Waals surface area contributed by atoms with Crippen molar-refractivity contribution >= 4 is 18.3 Å². The average molecular weight is 336 g/mol. The predicted octanol–water partition coefficient (Wildman–Crippen LogP) is 2.01. The molecular formula is C16H22ClN5O. The second-order valence-electron chi connectivity index (χ2n) is 5.97. The lowest BCUT2D eigenvalue weighted by Crippen LogP contribution is -2.34. The number of nitrogens with one attached hydrogen (secondary N) is 1. The first-order valence-corrected chi connectivity index (χ1v) is 7.59. The Morgan fingerprint density at radius 2 is 2.09 bits per heavy atom. The molecular weight excluding hydrogens is 314 g/mol. The number of carbonyl (C=O) groups is 1. The maximum absolute atomic E-state index is 12.6. The van der Waals surface area contributed by atoms with Gasteiger partial charge in [-0.1, -0.05) is 12.1 Å². The summed E-state index contributed by atoms with van der Waals surface area (Å²) in [4.78, 5) is 18.8. The zero-order valence-electron chi connectivity index (χ0n) is 13.3. The number of rotatable bonds is 3. The van der Waals surface area contributed by atoms with Crippen molar-refractivity contribution in [2.24, 2.45) is 11.7 Å². The Morgan fingerprint density at radius 1 is 1.39 bits per heavy atom. The highest BCUT2D eigenvalue weighted by molar-refractivity contribution is 5.95. The summed E-state index contributed by atoms with van der Waals surface area (Å²) < 4.78 is 0. The van der Waals surface area contributed by atoms with Crippen molar-refractivity contribution in [2.75, 3.05) is 13.1 Å². The van der Waals surface area contributed by atoms with Crippen LogP contribution in [-0.4, -0.2) is 45.1 Å². The number of benzene rings is 1. The normalized spacial score (nSPS) is 20.4. The van der Waals surface area contributed by atoms with Gasteiger partial charge in [0.25, 0.3) is 5.91 Å². The van der Waals surface area contributed by atoms with Crippen LogP contribution in [0.25, 0.3) is 11.4 Å². The van der Waals surface area contributed by atoms with E-state index >= 15 is 0 Å². The second kappa shape index (κ2) is 7.10. The minimum atomic E-state index is 0. The van der Waals surface area contributed by atoms with E-state index in [2.05, 4.69) is 22.1 Å². The Bertz CT molecular complexity index is 669. The summed E-state index contributed by atoms with van der Waals surface area (Å²) in [5.41, 5.74) is 7.32. The van der Waals surface area contributed by atoms with Crippen molar-refractivity contribution in [1.29, 1.82) is 0 Å². The van der Waals surface area contributed by atoms with Crippen molar-refractivity contribution < 1.29 is 4.79 Å². The topological polar surface area (TPSA) is 87.9 Å². The number of hydrogen-bond acceptors (Lipinski definition) is 4. The standard InChI is InChI=1S/C16H21N5O.ClH/c1-10-7-12(8-17)9-21(10)16(22)14-5-3-13(4-6-14)15-18-11(2)19-20-15;/h3-6,10,12H,7-9,17H2,1-2H3,(H,18,19,20);1H. The Hall–Kier alpha value is -1.92. The van der Waals surface area contributed by atoms with Gasteiger partial charge in [0.2, 0.25) is 0 Å². The first kappa shape index (κ1) is 17.4. The van der Waals surface area contributed by atoms with Crippen LogP contribution in [0, 0.1) is 12.8 Å². The summed E-state index contributed by atoms with van der Waals surface area (Å²) in [6.07, 6.45) is 0.983. The second-order valence-corrected chi connectivity index (χ2v) is 5.97. The molecule has 6 nitrogen and oxygen atoms in total. The average Bonchev–Trinajstić information content (AvgIpc) is 3.12. The van der Waals surface area contributed by atoms with Gasteiger partial charge in [-0.05, 0) is 44.9 Å². The van der Waals surface area contributed by atoms with Crippen LogP contribution < -0.4 is 5.73 Å². The molecule has 0 saturated carbocycles. The highest BCUT2D eigenvalue weighted by Crippen LogP contribution is 2.25. The molecule has 1 aliphatic heterocycles. The Kier molecular flexibility index (Phi) is 5.38. The van der Waals surface area contributed by atoms with Gasteiger partial charge >= 0.3 is 0 Å². The molecule has 1 amide bonds. The minimum Gasteiger partial charge on any atom is -0.336 e. The molecule has 1 saturated heterocycles. The smallest absolute Gasteiger partial charge is 0.254 e. The fourth-order valence-electron chi connectivity index (χ4n) is 3.00. The molecule has 1 fully saturated rings. The molecule has 3 N–H and O–H groups in total. The van der Waals surface area contributed by atoms with E-state index in [-0.39, 0.29) is 24.4 Å². The van der Waals surface area contributed by atoms with E-state index < -0.39 is 0 Å². The van der Waals surface area contributed by atoms with Gasteiger partial charge < -0.3 is 10.6 Å². The Labute approximate surface area is 141 Å². The number of aromatic nitrogens is 3. The largest absolute Gasteiger partial charge is 0.336 e. The molecule has 0 aliphatic carbocycles. The molecule has 1 aromatic carbocycles. The number of nitrogens with zero attached hydrogens (tertiary/aromatic N) is 3. The van der Waals surface area contributed by atoms with Gasteiger partial charge in [-0.2, -0.15) is 5.10 Å². The van der Waals surface area contributed by atoms with E-state index in [1.807, 2.05) is 36.1 Å². The van der Waals surface area contributed by atoms with Gasteiger partial charge in [-0.15, -0.1) is 12.4 Å². The molecule has 0 spiro atoms. The van der Waals surface area contributed by atoms with Crippen molar-refractivity contribution in [3.8, 4) is 11.4 Å². The summed E-state index contributed by atoms with van der Waals surface area (Å²) >= 11 is 0. The van der Waals surface area contributed by atoms with Gasteiger partial charge in [-0.3, -0.25) is 9.89 Å². The molecule has 124 valence electrons. The third kappa shape index (κ3) is 3.54. The first-order chi connectivity index (χ1) is 10.6. The third-order valence-electron chi connectivity index (χ3n) is 4.24. The van der Waals surface area contributed by atoms with E-state index in [1.54, 1.807) is 0 Å². The molecule has 1 aromatic heterocycles. The van der Waals surface area contributed by atoms with E-state index in [9.17, 15) is 4.79 Å². The van der Waals surface area contributed by atoms with E-state index in [0.717, 1.165) is 24.4 Å². The van der Waals surface area contributed by atoms with E-state index in [0.29, 0.717) is 23.9 Å². The number of aromatic amines is 1. The number of likely N-dealkylation sites (tertiary alicyclic amines) is 1. The van der Waals surface area contributed by atoms with Crippen molar-refractivity contribution in [2.45, 2.75) is 26.3 Å². The molecule has 2 aromatic rings. The van der Waals surface area contributed by atoms with Gasteiger partial charge in [0.1, 0.15) is 5.82 Å². The quantitative estimate of drug-likeness (QED) is 0.898. The summed E-state index contributed by atoms with van der Waals surface area (Å²) in [7, 11) is 0. The third-order valence-corrected chi connectivity index (χ3v) is 4.24. The predicted molar refractivity (Wildman–Crippen MR) is 91.5 cm³/mol. The van der Waals surface area contributed by atoms with Crippen LogP contribution in [0.2, 0.25) is 0 Å². The summed E-state index contributed by atoms with van der Waals surface area (Å²) in [5.74, 6) is 1.90. The van der Waals surface area contributed by atoms with Crippen LogP contribution in [-0.2, 0) is 0 Å². The number of H-pyrrole nitrogens is 1. The van der Waals surface area contributed by atoms with Crippen molar-refractivity contribution in [3.63, 3.8) is 0 Å². The first-order valence-electron chi connectivity index (χ1n) is 7.59. The summed E-state index contributed by atoms with van der Waals surface area (Å²) in [5, 5.41) is 6.94. The summed E-state index contributed by atoms with van der Waals surface area (Å²) in [6.45, 7) is 5.32. The molecule has 0 radical (unpaired) electrons. The van der Waals surface area contributed by atoms with E-state index in [4.69, 9.17) is 5.73 Å². The lowest BCUT2D eigenvalue weighted by molar-refractivity contribution is 0.0743. The fraction of sp³-hybridized carbons (Fsp3) is 0.438. The van der Waals surface area contributed by atoms with Gasteiger partial charge in [-0.25, -0.2) is 4.98 Å². The lowest BCUT2D eigenvalue weighted by atomic mass is 10.1. The SMILES string of the molecule is Cc1nc(-c2ccc(C(=O)N3CC(CN)CC3C)cc2)n[nH]1.Cl. The van der Waals surface area contributed by atoms with Crippen LogP contribution in [0.4, 0.5) is 0 Å². The van der Waals surface area contributed by atoms with Crippen molar-refractivity contribution in [1.82, 2.24) is 20.1 Å².